The second-order valence-electron chi connectivity index (χ2n) is 7.08. The molecule has 146 valence electrons. The molecule has 2 aromatic heterocycles. The van der Waals surface area contributed by atoms with Crippen LogP contribution in [0.5, 0.6) is 0 Å². The molecule has 0 radical (unpaired) electrons. The molecular formula is C23H22N4O2. The summed E-state index contributed by atoms with van der Waals surface area (Å²) < 4.78 is 5.70. The van der Waals surface area contributed by atoms with Gasteiger partial charge in [-0.15, -0.1) is 10.2 Å². The second kappa shape index (κ2) is 8.65. The van der Waals surface area contributed by atoms with Crippen LogP contribution in [0.4, 0.5) is 0 Å². The van der Waals surface area contributed by atoms with Gasteiger partial charge in [-0.25, -0.2) is 0 Å². The summed E-state index contributed by atoms with van der Waals surface area (Å²) in [5, 5.41) is 12.1. The van der Waals surface area contributed by atoms with E-state index in [0.717, 1.165) is 29.3 Å². The first kappa shape index (κ1) is 18.8. The fraction of sp³-hybridized carbons (Fsp3) is 0.217. The Morgan fingerprint density at radius 1 is 1.07 bits per heavy atom. The van der Waals surface area contributed by atoms with E-state index < -0.39 is 0 Å². The van der Waals surface area contributed by atoms with Crippen LogP contribution in [0.3, 0.4) is 0 Å². The van der Waals surface area contributed by atoms with Gasteiger partial charge in [-0.1, -0.05) is 36.4 Å². The normalized spacial score (nSPS) is 12.0. The maximum atomic E-state index is 12.3. The Balaban J connectivity index is 1.33. The van der Waals surface area contributed by atoms with E-state index in [1.165, 1.54) is 5.56 Å². The standard InChI is InChI=1S/C23H22N4O2/c1-16(9-10-17-6-3-2-4-7-17)25-21(28)15-22-26-27-23(29-22)19-11-12-20-18(14-19)8-5-13-24-20/h2-8,11-14,16H,9-10,15H2,1H3,(H,25,28). The van der Waals surface area contributed by atoms with Crippen molar-refractivity contribution in [1.82, 2.24) is 20.5 Å². The Bertz CT molecular complexity index is 1110. The van der Waals surface area contributed by atoms with E-state index in [2.05, 4.69) is 32.6 Å². The van der Waals surface area contributed by atoms with Crippen molar-refractivity contribution in [2.24, 2.45) is 0 Å². The topological polar surface area (TPSA) is 80.9 Å². The quantitative estimate of drug-likeness (QED) is 0.520. The summed E-state index contributed by atoms with van der Waals surface area (Å²) in [4.78, 5) is 16.6. The number of rotatable bonds is 7. The van der Waals surface area contributed by atoms with Crippen LogP contribution in [0.15, 0.2) is 71.3 Å². The highest BCUT2D eigenvalue weighted by molar-refractivity contribution is 5.82. The first-order valence-corrected chi connectivity index (χ1v) is 9.68. The van der Waals surface area contributed by atoms with Crippen molar-refractivity contribution in [2.75, 3.05) is 0 Å². The van der Waals surface area contributed by atoms with E-state index in [1.807, 2.05) is 55.5 Å². The number of fused-ring (bicyclic) bond motifs is 1. The van der Waals surface area contributed by atoms with Crippen molar-refractivity contribution in [3.8, 4) is 11.5 Å². The molecule has 1 N–H and O–H groups in total. The first-order chi connectivity index (χ1) is 14.2. The molecule has 4 aromatic rings. The molecule has 2 aromatic carbocycles. The van der Waals surface area contributed by atoms with Gasteiger partial charge in [-0.05, 0) is 49.6 Å². The fourth-order valence-electron chi connectivity index (χ4n) is 3.21. The van der Waals surface area contributed by atoms with Gasteiger partial charge in [0.2, 0.25) is 17.7 Å². The molecule has 0 spiro atoms. The van der Waals surface area contributed by atoms with Crippen molar-refractivity contribution in [3.63, 3.8) is 0 Å². The molecule has 6 nitrogen and oxygen atoms in total. The van der Waals surface area contributed by atoms with Crippen LogP contribution in [0, 0.1) is 0 Å². The second-order valence-corrected chi connectivity index (χ2v) is 7.08. The molecule has 0 bridgehead atoms. The van der Waals surface area contributed by atoms with Gasteiger partial charge in [0.1, 0.15) is 6.42 Å². The maximum Gasteiger partial charge on any atom is 0.247 e. The maximum absolute atomic E-state index is 12.3. The van der Waals surface area contributed by atoms with Gasteiger partial charge in [0, 0.05) is 23.2 Å². The van der Waals surface area contributed by atoms with Gasteiger partial charge >= 0.3 is 0 Å². The SMILES string of the molecule is CC(CCc1ccccc1)NC(=O)Cc1nnc(-c2ccc3ncccc3c2)o1. The van der Waals surface area contributed by atoms with Crippen LogP contribution in [-0.2, 0) is 17.6 Å². The molecule has 0 aliphatic carbocycles. The fourth-order valence-corrected chi connectivity index (χ4v) is 3.21. The predicted octanol–water partition coefficient (Wildman–Crippen LogP) is 3.96. The van der Waals surface area contributed by atoms with Crippen molar-refractivity contribution >= 4 is 16.8 Å². The lowest BCUT2D eigenvalue weighted by Crippen LogP contribution is -2.34. The lowest BCUT2D eigenvalue weighted by atomic mass is 10.1. The minimum atomic E-state index is -0.122. The van der Waals surface area contributed by atoms with Crippen LogP contribution in [0.1, 0.15) is 24.8 Å². The van der Waals surface area contributed by atoms with E-state index in [1.54, 1.807) is 6.20 Å². The summed E-state index contributed by atoms with van der Waals surface area (Å²) in [5.74, 6) is 0.582. The minimum Gasteiger partial charge on any atom is -0.420 e. The number of carbonyl (C=O) groups is 1. The van der Waals surface area contributed by atoms with E-state index in [4.69, 9.17) is 4.42 Å². The molecule has 0 saturated carbocycles. The monoisotopic (exact) mass is 386 g/mol. The summed E-state index contributed by atoms with van der Waals surface area (Å²) in [5.41, 5.74) is 2.97. The molecule has 2 heterocycles. The molecule has 29 heavy (non-hydrogen) atoms. The average molecular weight is 386 g/mol. The molecule has 0 fully saturated rings. The lowest BCUT2D eigenvalue weighted by Gasteiger charge is -2.13. The van der Waals surface area contributed by atoms with Crippen LogP contribution >= 0.6 is 0 Å². The van der Waals surface area contributed by atoms with Gasteiger partial charge in [0.05, 0.1) is 5.52 Å². The molecular weight excluding hydrogens is 364 g/mol. The highest BCUT2D eigenvalue weighted by Crippen LogP contribution is 2.22. The number of aryl methyl sites for hydroxylation is 1. The molecule has 1 atom stereocenters. The predicted molar refractivity (Wildman–Crippen MR) is 111 cm³/mol. The lowest BCUT2D eigenvalue weighted by molar-refractivity contribution is -0.121. The number of benzene rings is 2. The first-order valence-electron chi connectivity index (χ1n) is 9.68. The van der Waals surface area contributed by atoms with Gasteiger partial charge in [0.15, 0.2) is 0 Å². The van der Waals surface area contributed by atoms with Crippen molar-refractivity contribution in [3.05, 3.63) is 78.3 Å². The molecule has 6 heteroatoms. The minimum absolute atomic E-state index is 0.0673. The van der Waals surface area contributed by atoms with Gasteiger partial charge in [0.25, 0.3) is 0 Å². The summed E-state index contributed by atoms with van der Waals surface area (Å²) in [6.07, 6.45) is 3.61. The summed E-state index contributed by atoms with van der Waals surface area (Å²) >= 11 is 0. The third-order valence-electron chi connectivity index (χ3n) is 4.74. The Hall–Kier alpha value is -3.54. The van der Waals surface area contributed by atoms with Crippen LogP contribution in [0.25, 0.3) is 22.4 Å². The third-order valence-corrected chi connectivity index (χ3v) is 4.74. The van der Waals surface area contributed by atoms with Crippen molar-refractivity contribution < 1.29 is 9.21 Å². The number of hydrogen-bond donors (Lipinski definition) is 1. The molecule has 4 rings (SSSR count). The zero-order chi connectivity index (χ0) is 20.1. The third kappa shape index (κ3) is 4.85. The number of aromatic nitrogens is 3. The summed E-state index contributed by atoms with van der Waals surface area (Å²) in [6.45, 7) is 2.00. The average Bonchev–Trinajstić information content (AvgIpc) is 3.21. The van der Waals surface area contributed by atoms with E-state index in [9.17, 15) is 4.79 Å². The number of pyridine rings is 1. The number of amides is 1. The smallest absolute Gasteiger partial charge is 0.247 e. The van der Waals surface area contributed by atoms with Gasteiger partial charge in [-0.3, -0.25) is 9.78 Å². The number of hydrogen-bond acceptors (Lipinski definition) is 5. The van der Waals surface area contributed by atoms with Crippen LogP contribution in [0.2, 0.25) is 0 Å². The number of carbonyl (C=O) groups excluding carboxylic acids is 1. The van der Waals surface area contributed by atoms with E-state index >= 15 is 0 Å². The highest BCUT2D eigenvalue weighted by Gasteiger charge is 2.14. The van der Waals surface area contributed by atoms with Gasteiger partial charge < -0.3 is 9.73 Å². The molecule has 0 saturated heterocycles. The summed E-state index contributed by atoms with van der Waals surface area (Å²) in [7, 11) is 0. The van der Waals surface area contributed by atoms with Crippen molar-refractivity contribution in [1.29, 1.82) is 0 Å². The van der Waals surface area contributed by atoms with E-state index in [0.29, 0.717) is 11.8 Å². The Morgan fingerprint density at radius 3 is 2.79 bits per heavy atom. The van der Waals surface area contributed by atoms with Crippen LogP contribution in [-0.4, -0.2) is 27.1 Å². The Kier molecular flexibility index (Phi) is 5.61. The molecule has 0 aliphatic heterocycles. The Morgan fingerprint density at radius 2 is 1.93 bits per heavy atom. The number of nitrogens with zero attached hydrogens (tertiary/aromatic N) is 3. The zero-order valence-corrected chi connectivity index (χ0v) is 16.2. The highest BCUT2D eigenvalue weighted by atomic mass is 16.4. The largest absolute Gasteiger partial charge is 0.420 e. The molecule has 0 aliphatic rings. The van der Waals surface area contributed by atoms with E-state index in [-0.39, 0.29) is 18.4 Å². The Labute approximate surface area is 169 Å². The summed E-state index contributed by atoms with van der Waals surface area (Å²) in [6, 6.07) is 19.9. The number of nitrogens with one attached hydrogen (secondary N) is 1. The van der Waals surface area contributed by atoms with Crippen LogP contribution < -0.4 is 5.32 Å². The molecule has 1 amide bonds. The zero-order valence-electron chi connectivity index (χ0n) is 16.2. The molecule has 1 unspecified atom stereocenters. The van der Waals surface area contributed by atoms with Gasteiger partial charge in [-0.2, -0.15) is 0 Å². The van der Waals surface area contributed by atoms with Crippen molar-refractivity contribution in [2.45, 2.75) is 32.2 Å².